The number of hydrogen-bond acceptors (Lipinski definition) is 5. The fraction of sp³-hybridized carbons (Fsp3) is 0.435. The molecule has 1 fully saturated rings. The summed E-state index contributed by atoms with van der Waals surface area (Å²) in [4.78, 5) is 23.7. The zero-order chi connectivity index (χ0) is 20.4. The number of piperidine rings is 1. The summed E-state index contributed by atoms with van der Waals surface area (Å²) in [6.45, 7) is 8.33. The molecule has 2 aromatic heterocycles. The van der Waals surface area contributed by atoms with Crippen molar-refractivity contribution in [3.8, 4) is 0 Å². The molecule has 1 aliphatic rings. The van der Waals surface area contributed by atoms with Gasteiger partial charge in [-0.05, 0) is 44.2 Å². The minimum absolute atomic E-state index is 0.0469. The highest BCUT2D eigenvalue weighted by atomic mass is 16.3. The first kappa shape index (κ1) is 19.4. The van der Waals surface area contributed by atoms with Crippen LogP contribution in [0.1, 0.15) is 42.2 Å². The van der Waals surface area contributed by atoms with E-state index in [0.717, 1.165) is 60.4 Å². The molecule has 0 saturated carbocycles. The molecule has 1 saturated heterocycles. The molecule has 3 aromatic rings. The highest BCUT2D eigenvalue weighted by Gasteiger charge is 2.27. The molecule has 0 bridgehead atoms. The Balaban J connectivity index is 1.36. The predicted molar refractivity (Wildman–Crippen MR) is 114 cm³/mol. The highest BCUT2D eigenvalue weighted by Crippen LogP contribution is 2.32. The lowest BCUT2D eigenvalue weighted by Crippen LogP contribution is -2.40. The minimum atomic E-state index is 0.0469. The summed E-state index contributed by atoms with van der Waals surface area (Å²) < 4.78 is 5.74. The van der Waals surface area contributed by atoms with Gasteiger partial charge in [-0.25, -0.2) is 9.97 Å². The molecule has 1 amide bonds. The number of furan rings is 1. The van der Waals surface area contributed by atoms with Crippen LogP contribution in [0.25, 0.3) is 11.1 Å². The molecular weight excluding hydrogens is 364 g/mol. The Morgan fingerprint density at radius 1 is 1.14 bits per heavy atom. The Labute approximate surface area is 171 Å². The molecule has 1 aromatic carbocycles. The summed E-state index contributed by atoms with van der Waals surface area (Å²) in [6, 6.07) is 8.44. The number of anilines is 1. The third-order valence-corrected chi connectivity index (χ3v) is 6.01. The first-order chi connectivity index (χ1) is 14.1. The third kappa shape index (κ3) is 3.97. The monoisotopic (exact) mass is 392 g/mol. The van der Waals surface area contributed by atoms with E-state index >= 15 is 0 Å². The summed E-state index contributed by atoms with van der Waals surface area (Å²) in [5, 5.41) is 4.09. The van der Waals surface area contributed by atoms with E-state index in [1.54, 1.807) is 6.33 Å². The Morgan fingerprint density at radius 3 is 2.52 bits per heavy atom. The van der Waals surface area contributed by atoms with Gasteiger partial charge in [0, 0.05) is 31.1 Å². The van der Waals surface area contributed by atoms with E-state index in [1.165, 1.54) is 5.56 Å². The molecule has 152 valence electrons. The second kappa shape index (κ2) is 8.23. The number of benzene rings is 1. The molecule has 0 aliphatic carbocycles. The van der Waals surface area contributed by atoms with Crippen molar-refractivity contribution in [3.05, 3.63) is 53.0 Å². The van der Waals surface area contributed by atoms with Gasteiger partial charge >= 0.3 is 0 Å². The summed E-state index contributed by atoms with van der Waals surface area (Å²) in [7, 11) is 0. The number of carbonyl (C=O) groups is 1. The van der Waals surface area contributed by atoms with Crippen LogP contribution in [0, 0.1) is 19.8 Å². The molecule has 0 spiro atoms. The van der Waals surface area contributed by atoms with E-state index in [-0.39, 0.29) is 11.8 Å². The topological polar surface area (TPSA) is 71.3 Å². The minimum Gasteiger partial charge on any atom is -0.443 e. The largest absolute Gasteiger partial charge is 0.443 e. The van der Waals surface area contributed by atoms with Gasteiger partial charge in [-0.2, -0.15) is 0 Å². The Bertz CT molecular complexity index is 1000. The number of amides is 1. The zero-order valence-electron chi connectivity index (χ0n) is 17.4. The number of nitrogens with zero attached hydrogens (tertiary/aromatic N) is 3. The molecule has 1 aliphatic heterocycles. The lowest BCUT2D eigenvalue weighted by Gasteiger charge is -2.32. The van der Waals surface area contributed by atoms with Crippen molar-refractivity contribution in [1.29, 1.82) is 0 Å². The molecule has 3 heterocycles. The first-order valence-electron chi connectivity index (χ1n) is 10.4. The molecule has 0 radical (unpaired) electrons. The van der Waals surface area contributed by atoms with Crippen molar-refractivity contribution in [1.82, 2.24) is 15.3 Å². The number of nitrogens with one attached hydrogen (secondary N) is 1. The van der Waals surface area contributed by atoms with Crippen LogP contribution in [0.5, 0.6) is 0 Å². The zero-order valence-corrected chi connectivity index (χ0v) is 17.4. The fourth-order valence-corrected chi connectivity index (χ4v) is 3.98. The van der Waals surface area contributed by atoms with Crippen molar-refractivity contribution < 1.29 is 9.21 Å². The van der Waals surface area contributed by atoms with Crippen LogP contribution in [0.15, 0.2) is 35.0 Å². The van der Waals surface area contributed by atoms with E-state index < -0.39 is 0 Å². The van der Waals surface area contributed by atoms with E-state index in [2.05, 4.69) is 51.4 Å². The quantitative estimate of drug-likeness (QED) is 0.712. The number of aryl methyl sites for hydroxylation is 3. The molecule has 1 N–H and O–H groups in total. The van der Waals surface area contributed by atoms with Crippen LogP contribution in [0.3, 0.4) is 0 Å². The Kier molecular flexibility index (Phi) is 5.51. The van der Waals surface area contributed by atoms with E-state index in [9.17, 15) is 4.79 Å². The maximum absolute atomic E-state index is 12.6. The SMILES string of the molecule is CCc1ccc(CNC(=O)C2CCN(c3ncnc4oc(C)c(C)c34)CC2)cc1. The number of aromatic nitrogens is 2. The van der Waals surface area contributed by atoms with Gasteiger partial charge in [-0.3, -0.25) is 4.79 Å². The summed E-state index contributed by atoms with van der Waals surface area (Å²) >= 11 is 0. The number of fused-ring (bicyclic) bond motifs is 1. The fourth-order valence-electron chi connectivity index (χ4n) is 3.98. The maximum atomic E-state index is 12.6. The van der Waals surface area contributed by atoms with Crippen LogP contribution in [0.2, 0.25) is 0 Å². The molecule has 4 rings (SSSR count). The van der Waals surface area contributed by atoms with Crippen molar-refractivity contribution in [2.24, 2.45) is 5.92 Å². The maximum Gasteiger partial charge on any atom is 0.231 e. The van der Waals surface area contributed by atoms with Crippen molar-refractivity contribution in [2.75, 3.05) is 18.0 Å². The summed E-state index contributed by atoms with van der Waals surface area (Å²) in [6.07, 6.45) is 4.23. The van der Waals surface area contributed by atoms with E-state index in [0.29, 0.717) is 12.3 Å². The van der Waals surface area contributed by atoms with Gasteiger partial charge in [0.1, 0.15) is 17.9 Å². The average Bonchev–Trinajstić information content (AvgIpc) is 3.06. The second-order valence-corrected chi connectivity index (χ2v) is 7.81. The molecular formula is C23H28N4O2. The van der Waals surface area contributed by atoms with E-state index in [1.807, 2.05) is 13.8 Å². The van der Waals surface area contributed by atoms with Crippen LogP contribution in [0.4, 0.5) is 5.82 Å². The van der Waals surface area contributed by atoms with Gasteiger partial charge in [-0.1, -0.05) is 31.2 Å². The van der Waals surface area contributed by atoms with Crippen molar-refractivity contribution in [2.45, 2.75) is 46.6 Å². The first-order valence-corrected chi connectivity index (χ1v) is 10.4. The van der Waals surface area contributed by atoms with Crippen LogP contribution >= 0.6 is 0 Å². The third-order valence-electron chi connectivity index (χ3n) is 6.01. The second-order valence-electron chi connectivity index (χ2n) is 7.81. The normalized spacial score (nSPS) is 15.1. The van der Waals surface area contributed by atoms with Gasteiger partial charge in [0.05, 0.1) is 5.39 Å². The van der Waals surface area contributed by atoms with Crippen molar-refractivity contribution in [3.63, 3.8) is 0 Å². The summed E-state index contributed by atoms with van der Waals surface area (Å²) in [5.74, 6) is 1.99. The standard InChI is InChI=1S/C23H28N4O2/c1-4-17-5-7-18(8-6-17)13-24-22(28)19-9-11-27(12-10-19)21-20-15(2)16(3)29-23(20)26-14-25-21/h5-8,14,19H,4,9-13H2,1-3H3,(H,24,28). The van der Waals surface area contributed by atoms with Gasteiger partial charge < -0.3 is 14.6 Å². The molecule has 6 heteroatoms. The smallest absolute Gasteiger partial charge is 0.231 e. The van der Waals surface area contributed by atoms with Gasteiger partial charge in [0.25, 0.3) is 0 Å². The van der Waals surface area contributed by atoms with Crippen LogP contribution in [-0.4, -0.2) is 29.0 Å². The number of rotatable bonds is 5. The van der Waals surface area contributed by atoms with Crippen LogP contribution in [-0.2, 0) is 17.8 Å². The number of carbonyl (C=O) groups excluding carboxylic acids is 1. The number of hydrogen-bond donors (Lipinski definition) is 1. The van der Waals surface area contributed by atoms with Crippen molar-refractivity contribution >= 4 is 22.8 Å². The molecule has 0 unspecified atom stereocenters. The molecule has 0 atom stereocenters. The highest BCUT2D eigenvalue weighted by molar-refractivity contribution is 5.90. The summed E-state index contributed by atoms with van der Waals surface area (Å²) in [5.41, 5.74) is 4.18. The lowest BCUT2D eigenvalue weighted by atomic mass is 9.95. The molecule has 6 nitrogen and oxygen atoms in total. The Morgan fingerprint density at radius 2 is 1.83 bits per heavy atom. The predicted octanol–water partition coefficient (Wildman–Crippen LogP) is 3.93. The average molecular weight is 393 g/mol. The van der Waals surface area contributed by atoms with E-state index in [4.69, 9.17) is 4.42 Å². The Hall–Kier alpha value is -2.89. The lowest BCUT2D eigenvalue weighted by molar-refractivity contribution is -0.125. The molecule has 29 heavy (non-hydrogen) atoms. The van der Waals surface area contributed by atoms with Gasteiger partial charge in [0.2, 0.25) is 11.6 Å². The van der Waals surface area contributed by atoms with Crippen LogP contribution < -0.4 is 10.2 Å². The van der Waals surface area contributed by atoms with Gasteiger partial charge in [-0.15, -0.1) is 0 Å². The van der Waals surface area contributed by atoms with Gasteiger partial charge in [0.15, 0.2) is 0 Å².